The molecule has 108 valence electrons. The molecule has 0 aliphatic heterocycles. The third-order valence-electron chi connectivity index (χ3n) is 3.78. The molecule has 0 saturated heterocycles. The highest BCUT2D eigenvalue weighted by atomic mass is 35.5. The van der Waals surface area contributed by atoms with E-state index < -0.39 is 0 Å². The van der Waals surface area contributed by atoms with Crippen molar-refractivity contribution in [1.82, 2.24) is 0 Å². The molecule has 2 N–H and O–H groups in total. The Labute approximate surface area is 122 Å². The van der Waals surface area contributed by atoms with Gasteiger partial charge < -0.3 is 10.5 Å². The number of hydrogen-bond acceptors (Lipinski definition) is 2. The van der Waals surface area contributed by atoms with Crippen LogP contribution in [0.3, 0.4) is 0 Å². The molecule has 0 bridgehead atoms. The molecule has 0 fully saturated rings. The topological polar surface area (TPSA) is 35.2 Å². The van der Waals surface area contributed by atoms with Crippen LogP contribution in [0.4, 0.5) is 0 Å². The predicted molar refractivity (Wildman–Crippen MR) is 83.4 cm³/mol. The third-order valence-corrected chi connectivity index (χ3v) is 4.37. The lowest BCUT2D eigenvalue weighted by atomic mass is 9.86. The Bertz CT molecular complexity index is 429. The Morgan fingerprint density at radius 1 is 1.32 bits per heavy atom. The standard InChI is InChI=1S/C16H26ClNO/c1-6-13(8-7-11(3)18)15-12(4)16(17)10(2)9-14(15)19-5/h9,11,13H,6-8,18H2,1-5H3. The first-order valence-corrected chi connectivity index (χ1v) is 7.39. The smallest absolute Gasteiger partial charge is 0.122 e. The summed E-state index contributed by atoms with van der Waals surface area (Å²) < 4.78 is 5.56. The Morgan fingerprint density at radius 3 is 2.42 bits per heavy atom. The zero-order chi connectivity index (χ0) is 14.6. The van der Waals surface area contributed by atoms with Gasteiger partial charge in [-0.2, -0.15) is 0 Å². The van der Waals surface area contributed by atoms with Crippen molar-refractivity contribution in [2.45, 2.75) is 58.9 Å². The molecule has 0 spiro atoms. The molecular weight excluding hydrogens is 258 g/mol. The van der Waals surface area contributed by atoms with Gasteiger partial charge in [-0.1, -0.05) is 18.5 Å². The number of rotatable bonds is 6. The molecule has 1 aromatic rings. The number of hydrogen-bond donors (Lipinski definition) is 1. The van der Waals surface area contributed by atoms with Crippen molar-refractivity contribution >= 4 is 11.6 Å². The summed E-state index contributed by atoms with van der Waals surface area (Å²) in [5.41, 5.74) is 9.35. The summed E-state index contributed by atoms with van der Waals surface area (Å²) in [7, 11) is 1.73. The van der Waals surface area contributed by atoms with Gasteiger partial charge in [0.1, 0.15) is 5.75 Å². The second-order valence-corrected chi connectivity index (χ2v) is 5.79. The van der Waals surface area contributed by atoms with Crippen LogP contribution in [0.15, 0.2) is 6.07 Å². The number of halogens is 1. The van der Waals surface area contributed by atoms with Crippen molar-refractivity contribution < 1.29 is 4.74 Å². The second kappa shape index (κ2) is 7.16. The van der Waals surface area contributed by atoms with Gasteiger partial charge in [0.25, 0.3) is 0 Å². The van der Waals surface area contributed by atoms with Gasteiger partial charge in [0.15, 0.2) is 0 Å². The van der Waals surface area contributed by atoms with Crippen LogP contribution in [0.1, 0.15) is 55.7 Å². The van der Waals surface area contributed by atoms with Crippen molar-refractivity contribution in [2.24, 2.45) is 5.73 Å². The summed E-state index contributed by atoms with van der Waals surface area (Å²) >= 11 is 6.40. The molecule has 0 saturated carbocycles. The predicted octanol–water partition coefficient (Wildman–Crippen LogP) is 4.59. The van der Waals surface area contributed by atoms with Crippen LogP contribution in [0, 0.1) is 13.8 Å². The van der Waals surface area contributed by atoms with E-state index in [1.807, 2.05) is 13.0 Å². The van der Waals surface area contributed by atoms with Gasteiger partial charge in [-0.15, -0.1) is 0 Å². The van der Waals surface area contributed by atoms with E-state index in [9.17, 15) is 0 Å². The molecular formula is C16H26ClNO. The average Bonchev–Trinajstić information content (AvgIpc) is 2.38. The third kappa shape index (κ3) is 3.87. The summed E-state index contributed by atoms with van der Waals surface area (Å²) in [5.74, 6) is 1.41. The van der Waals surface area contributed by atoms with Crippen molar-refractivity contribution in [2.75, 3.05) is 7.11 Å². The lowest BCUT2D eigenvalue weighted by molar-refractivity contribution is 0.399. The normalized spacial score (nSPS) is 14.3. The first kappa shape index (κ1) is 16.3. The summed E-state index contributed by atoms with van der Waals surface area (Å²) in [6.07, 6.45) is 3.17. The van der Waals surface area contributed by atoms with Gasteiger partial charge in [0, 0.05) is 16.6 Å². The lowest BCUT2D eigenvalue weighted by Crippen LogP contribution is -2.16. The highest BCUT2D eigenvalue weighted by Gasteiger charge is 2.20. The van der Waals surface area contributed by atoms with Crippen LogP contribution in [0.5, 0.6) is 5.75 Å². The van der Waals surface area contributed by atoms with E-state index >= 15 is 0 Å². The molecule has 0 aliphatic rings. The zero-order valence-electron chi connectivity index (χ0n) is 12.7. The van der Waals surface area contributed by atoms with Gasteiger partial charge >= 0.3 is 0 Å². The Hall–Kier alpha value is -0.730. The summed E-state index contributed by atoms with van der Waals surface area (Å²) in [6.45, 7) is 8.36. The van der Waals surface area contributed by atoms with Crippen molar-refractivity contribution in [3.05, 3.63) is 27.8 Å². The van der Waals surface area contributed by atoms with Crippen molar-refractivity contribution in [3.63, 3.8) is 0 Å². The van der Waals surface area contributed by atoms with Crippen molar-refractivity contribution in [3.8, 4) is 5.75 Å². The number of nitrogens with two attached hydrogens (primary N) is 1. The number of aryl methyl sites for hydroxylation is 1. The Balaban J connectivity index is 3.18. The molecule has 3 heteroatoms. The molecule has 0 amide bonds. The molecule has 2 atom stereocenters. The monoisotopic (exact) mass is 283 g/mol. The fourth-order valence-electron chi connectivity index (χ4n) is 2.63. The van der Waals surface area contributed by atoms with Crippen molar-refractivity contribution in [1.29, 1.82) is 0 Å². The van der Waals surface area contributed by atoms with E-state index in [1.54, 1.807) is 7.11 Å². The second-order valence-electron chi connectivity index (χ2n) is 5.41. The van der Waals surface area contributed by atoms with Gasteiger partial charge in [0.05, 0.1) is 7.11 Å². The SMILES string of the molecule is CCC(CCC(C)N)c1c(OC)cc(C)c(Cl)c1C. The molecule has 19 heavy (non-hydrogen) atoms. The number of benzene rings is 1. The Morgan fingerprint density at radius 2 is 1.95 bits per heavy atom. The molecule has 1 aromatic carbocycles. The summed E-state index contributed by atoms with van der Waals surface area (Å²) in [5, 5.41) is 0.857. The highest BCUT2D eigenvalue weighted by molar-refractivity contribution is 6.32. The van der Waals surface area contributed by atoms with E-state index in [2.05, 4.69) is 20.8 Å². The zero-order valence-corrected chi connectivity index (χ0v) is 13.5. The van der Waals surface area contributed by atoms with E-state index in [4.69, 9.17) is 22.1 Å². The minimum absolute atomic E-state index is 0.237. The molecule has 0 aromatic heterocycles. The van der Waals surface area contributed by atoms with Crippen LogP contribution in [0.25, 0.3) is 0 Å². The largest absolute Gasteiger partial charge is 0.496 e. The quantitative estimate of drug-likeness (QED) is 0.829. The van der Waals surface area contributed by atoms with Gasteiger partial charge in [0.2, 0.25) is 0 Å². The molecule has 0 heterocycles. The molecule has 1 rings (SSSR count). The maximum absolute atomic E-state index is 6.40. The van der Waals surface area contributed by atoms with Gasteiger partial charge in [-0.05, 0) is 63.1 Å². The van der Waals surface area contributed by atoms with Gasteiger partial charge in [-0.3, -0.25) is 0 Å². The highest BCUT2D eigenvalue weighted by Crippen LogP contribution is 2.39. The van der Waals surface area contributed by atoms with E-state index in [-0.39, 0.29) is 6.04 Å². The van der Waals surface area contributed by atoms with Crippen LogP contribution in [-0.4, -0.2) is 13.2 Å². The Kier molecular flexibility index (Phi) is 6.15. The fourth-order valence-corrected chi connectivity index (χ4v) is 2.79. The molecule has 2 unspecified atom stereocenters. The minimum Gasteiger partial charge on any atom is -0.496 e. The van der Waals surface area contributed by atoms with E-state index in [1.165, 1.54) is 5.56 Å². The maximum atomic E-state index is 6.40. The van der Waals surface area contributed by atoms with Crippen LogP contribution < -0.4 is 10.5 Å². The van der Waals surface area contributed by atoms with E-state index in [0.29, 0.717) is 5.92 Å². The van der Waals surface area contributed by atoms with E-state index in [0.717, 1.165) is 41.2 Å². The minimum atomic E-state index is 0.237. The summed E-state index contributed by atoms with van der Waals surface area (Å²) in [4.78, 5) is 0. The summed E-state index contributed by atoms with van der Waals surface area (Å²) in [6, 6.07) is 2.28. The van der Waals surface area contributed by atoms with Crippen LogP contribution >= 0.6 is 11.6 Å². The first-order chi connectivity index (χ1) is 8.92. The maximum Gasteiger partial charge on any atom is 0.122 e. The first-order valence-electron chi connectivity index (χ1n) is 7.01. The number of ether oxygens (including phenoxy) is 1. The lowest BCUT2D eigenvalue weighted by Gasteiger charge is -2.23. The van der Waals surface area contributed by atoms with Crippen LogP contribution in [0.2, 0.25) is 5.02 Å². The average molecular weight is 284 g/mol. The fraction of sp³-hybridized carbons (Fsp3) is 0.625. The molecule has 0 radical (unpaired) electrons. The van der Waals surface area contributed by atoms with Gasteiger partial charge in [-0.25, -0.2) is 0 Å². The molecule has 0 aliphatic carbocycles. The van der Waals surface area contributed by atoms with Crippen LogP contribution in [-0.2, 0) is 0 Å². The number of methoxy groups -OCH3 is 1. The molecule has 2 nitrogen and oxygen atoms in total.